The topological polar surface area (TPSA) is 77.3 Å². The first-order chi connectivity index (χ1) is 6.86. The van der Waals surface area contributed by atoms with Gasteiger partial charge >= 0.3 is 10.2 Å². The third-order valence-corrected chi connectivity index (χ3v) is 2.73. The monoisotopic (exact) mass is 233 g/mol. The minimum atomic E-state index is -4.89. The van der Waals surface area contributed by atoms with Crippen LogP contribution in [-0.2, 0) is 16.6 Å². The highest BCUT2D eigenvalue weighted by atomic mass is 32.3. The van der Waals surface area contributed by atoms with E-state index < -0.39 is 20.0 Å². The molecule has 0 spiro atoms. The van der Waals surface area contributed by atoms with E-state index in [1.807, 2.05) is 0 Å². The van der Waals surface area contributed by atoms with Gasteiger partial charge in [0.1, 0.15) is 4.90 Å². The van der Waals surface area contributed by atoms with Crippen LogP contribution in [0.3, 0.4) is 0 Å². The number of benzene rings is 1. The zero-order chi connectivity index (χ0) is 11.6. The second kappa shape index (κ2) is 3.93. The molecule has 1 aromatic rings. The summed E-state index contributed by atoms with van der Waals surface area (Å²) in [7, 11) is -4.89. The highest BCUT2D eigenvalue weighted by Crippen LogP contribution is 2.24. The van der Waals surface area contributed by atoms with Crippen molar-refractivity contribution in [3.8, 4) is 0 Å². The summed E-state index contributed by atoms with van der Waals surface area (Å²) in [4.78, 5) is 9.13. The summed E-state index contributed by atoms with van der Waals surface area (Å²) < 4.78 is 33.6. The van der Waals surface area contributed by atoms with E-state index in [1.165, 1.54) is 6.07 Å². The number of aryl methyl sites for hydroxylation is 1. The average molecular weight is 233 g/mol. The summed E-state index contributed by atoms with van der Waals surface area (Å²) >= 11 is 0. The van der Waals surface area contributed by atoms with Gasteiger partial charge in [-0.05, 0) is 12.5 Å². The van der Waals surface area contributed by atoms with Crippen molar-refractivity contribution in [3.63, 3.8) is 0 Å². The third kappa shape index (κ3) is 2.50. The minimum absolute atomic E-state index is 0.368. The van der Waals surface area contributed by atoms with Crippen LogP contribution >= 0.6 is 0 Å². The van der Waals surface area contributed by atoms with E-state index in [0.29, 0.717) is 12.0 Å². The first-order valence-electron chi connectivity index (χ1n) is 4.08. The van der Waals surface area contributed by atoms with Gasteiger partial charge in [0.25, 0.3) is 5.69 Å². The zero-order valence-corrected chi connectivity index (χ0v) is 8.62. The van der Waals surface area contributed by atoms with Crippen LogP contribution in [0.2, 0.25) is 0 Å². The summed E-state index contributed by atoms with van der Waals surface area (Å²) in [6, 6.07) is 2.99. The molecule has 0 unspecified atom stereocenters. The summed E-state index contributed by atoms with van der Waals surface area (Å²) in [6.45, 7) is 1.69. The van der Waals surface area contributed by atoms with E-state index in [0.717, 1.165) is 12.1 Å². The largest absolute Gasteiger partial charge is 0.332 e. The highest BCUT2D eigenvalue weighted by molar-refractivity contribution is 7.86. The van der Waals surface area contributed by atoms with E-state index in [-0.39, 0.29) is 5.69 Å². The van der Waals surface area contributed by atoms with Crippen LogP contribution in [0.4, 0.5) is 9.57 Å². The van der Waals surface area contributed by atoms with Gasteiger partial charge in [-0.25, -0.2) is 0 Å². The Bertz CT molecular complexity index is 497. The lowest BCUT2D eigenvalue weighted by Gasteiger charge is -2.00. The predicted molar refractivity (Wildman–Crippen MR) is 50.8 cm³/mol. The normalized spacial score (nSPS) is 11.3. The van der Waals surface area contributed by atoms with Gasteiger partial charge in [0.2, 0.25) is 0 Å². The number of rotatable bonds is 3. The van der Waals surface area contributed by atoms with Crippen molar-refractivity contribution >= 4 is 15.9 Å². The maximum atomic E-state index is 12.5. The van der Waals surface area contributed by atoms with Gasteiger partial charge in [-0.3, -0.25) is 10.1 Å². The van der Waals surface area contributed by atoms with Gasteiger partial charge in [-0.1, -0.05) is 13.0 Å². The molecule has 0 aliphatic rings. The lowest BCUT2D eigenvalue weighted by atomic mass is 10.1. The molecule has 1 aromatic carbocycles. The van der Waals surface area contributed by atoms with Crippen molar-refractivity contribution in [2.75, 3.05) is 0 Å². The number of nitrogens with zero attached hydrogens (tertiary/aromatic N) is 1. The standard InChI is InChI=1S/C8H8FNO4S/c1-2-6-3-4-7(15(9,13)14)5-8(6)10(11)12/h3-5H,2H2,1H3. The molecule has 82 valence electrons. The van der Waals surface area contributed by atoms with Crippen molar-refractivity contribution in [3.05, 3.63) is 33.9 Å². The molecule has 0 bridgehead atoms. The molecule has 15 heavy (non-hydrogen) atoms. The van der Waals surface area contributed by atoms with Crippen LogP contribution in [-0.4, -0.2) is 13.3 Å². The number of halogens is 1. The van der Waals surface area contributed by atoms with Crippen LogP contribution in [0.1, 0.15) is 12.5 Å². The van der Waals surface area contributed by atoms with E-state index in [2.05, 4.69) is 0 Å². The second-order valence-electron chi connectivity index (χ2n) is 2.84. The molecule has 1 rings (SSSR count). The summed E-state index contributed by atoms with van der Waals surface area (Å²) in [5, 5.41) is 10.5. The first kappa shape index (κ1) is 11.6. The quantitative estimate of drug-likeness (QED) is 0.453. The lowest BCUT2D eigenvalue weighted by molar-refractivity contribution is -0.385. The molecule has 0 atom stereocenters. The Hall–Kier alpha value is -1.50. The minimum Gasteiger partial charge on any atom is -0.258 e. The van der Waals surface area contributed by atoms with Crippen LogP contribution in [0.15, 0.2) is 23.1 Å². The fourth-order valence-electron chi connectivity index (χ4n) is 1.16. The Labute approximate surface area is 85.9 Å². The number of hydrogen-bond donors (Lipinski definition) is 0. The Morgan fingerprint density at radius 1 is 1.47 bits per heavy atom. The van der Waals surface area contributed by atoms with Crippen LogP contribution < -0.4 is 0 Å². The molecule has 7 heteroatoms. The van der Waals surface area contributed by atoms with E-state index in [4.69, 9.17) is 0 Å². The van der Waals surface area contributed by atoms with Gasteiger partial charge in [0, 0.05) is 11.6 Å². The molecule has 0 fully saturated rings. The number of hydrogen-bond acceptors (Lipinski definition) is 4. The van der Waals surface area contributed by atoms with Crippen molar-refractivity contribution in [1.29, 1.82) is 0 Å². The molecule has 0 aliphatic carbocycles. The predicted octanol–water partition coefficient (Wildman–Crippen LogP) is 1.82. The summed E-state index contributed by atoms with van der Waals surface area (Å²) in [6.07, 6.45) is 0.378. The Kier molecular flexibility index (Phi) is 3.04. The highest BCUT2D eigenvalue weighted by Gasteiger charge is 2.19. The zero-order valence-electron chi connectivity index (χ0n) is 7.81. The maximum Gasteiger partial charge on any atom is 0.332 e. The maximum absolute atomic E-state index is 12.5. The first-order valence-corrected chi connectivity index (χ1v) is 5.46. The van der Waals surface area contributed by atoms with E-state index in [9.17, 15) is 22.4 Å². The number of nitro groups is 1. The van der Waals surface area contributed by atoms with Crippen molar-refractivity contribution in [1.82, 2.24) is 0 Å². The fraction of sp³-hybridized carbons (Fsp3) is 0.250. The molecule has 0 amide bonds. The summed E-state index contributed by atoms with van der Waals surface area (Å²) in [5.74, 6) is 0. The molecule has 0 aliphatic heterocycles. The Balaban J connectivity index is 3.42. The van der Waals surface area contributed by atoms with Crippen LogP contribution in [0, 0.1) is 10.1 Å². The Morgan fingerprint density at radius 3 is 2.47 bits per heavy atom. The second-order valence-corrected chi connectivity index (χ2v) is 4.19. The lowest BCUT2D eigenvalue weighted by Crippen LogP contribution is -1.98. The van der Waals surface area contributed by atoms with Gasteiger partial charge in [-0.15, -0.1) is 3.89 Å². The molecule has 0 radical (unpaired) electrons. The van der Waals surface area contributed by atoms with Gasteiger partial charge in [-0.2, -0.15) is 8.42 Å². The van der Waals surface area contributed by atoms with Crippen molar-refractivity contribution in [2.24, 2.45) is 0 Å². The molecule has 0 heterocycles. The molecule has 0 N–H and O–H groups in total. The van der Waals surface area contributed by atoms with Crippen molar-refractivity contribution < 1.29 is 17.2 Å². The molecule has 0 saturated carbocycles. The third-order valence-electron chi connectivity index (χ3n) is 1.92. The van der Waals surface area contributed by atoms with Gasteiger partial charge in [0.05, 0.1) is 4.92 Å². The molecule has 0 aromatic heterocycles. The smallest absolute Gasteiger partial charge is 0.258 e. The Morgan fingerprint density at radius 2 is 2.07 bits per heavy atom. The van der Waals surface area contributed by atoms with E-state index in [1.54, 1.807) is 6.92 Å². The van der Waals surface area contributed by atoms with Gasteiger partial charge in [0.15, 0.2) is 0 Å². The fourth-order valence-corrected chi connectivity index (χ4v) is 1.65. The molecular formula is C8H8FNO4S. The molecule has 0 saturated heterocycles. The van der Waals surface area contributed by atoms with Gasteiger partial charge < -0.3 is 0 Å². The average Bonchev–Trinajstić information content (AvgIpc) is 2.15. The van der Waals surface area contributed by atoms with Crippen LogP contribution in [0.5, 0.6) is 0 Å². The summed E-state index contributed by atoms with van der Waals surface area (Å²) in [5.41, 5.74) is -0.0105. The SMILES string of the molecule is CCc1ccc(S(=O)(=O)F)cc1[N+](=O)[O-]. The van der Waals surface area contributed by atoms with Crippen molar-refractivity contribution in [2.45, 2.75) is 18.2 Å². The molecular weight excluding hydrogens is 225 g/mol. The van der Waals surface area contributed by atoms with Crippen LogP contribution in [0.25, 0.3) is 0 Å². The van der Waals surface area contributed by atoms with E-state index >= 15 is 0 Å². The molecule has 5 nitrogen and oxygen atoms in total. The number of nitro benzene ring substituents is 1.